The van der Waals surface area contributed by atoms with Gasteiger partial charge in [-0.15, -0.1) is 0 Å². The van der Waals surface area contributed by atoms with E-state index in [2.05, 4.69) is 20.6 Å². The number of nitrogens with one attached hydrogen (secondary N) is 1. The van der Waals surface area contributed by atoms with E-state index in [-0.39, 0.29) is 5.91 Å². The maximum atomic E-state index is 13.1. The summed E-state index contributed by atoms with van der Waals surface area (Å²) in [4.78, 5) is 19.3. The van der Waals surface area contributed by atoms with Gasteiger partial charge >= 0.3 is 0 Å². The maximum absolute atomic E-state index is 13.1. The van der Waals surface area contributed by atoms with E-state index in [1.54, 1.807) is 4.68 Å². The highest BCUT2D eigenvalue weighted by Gasteiger charge is 2.28. The van der Waals surface area contributed by atoms with Gasteiger partial charge in [0, 0.05) is 38.7 Å². The predicted octanol–water partition coefficient (Wildman–Crippen LogP) is 1.28. The maximum Gasteiger partial charge on any atom is 0.259 e. The minimum absolute atomic E-state index is 0.219. The first-order chi connectivity index (χ1) is 13.7. The van der Waals surface area contributed by atoms with E-state index in [1.807, 2.05) is 42.3 Å². The summed E-state index contributed by atoms with van der Waals surface area (Å²) in [5.41, 5.74) is 1.26. The van der Waals surface area contributed by atoms with Crippen LogP contribution in [0.5, 0.6) is 0 Å². The molecular weight excluding hydrogens is 360 g/mol. The van der Waals surface area contributed by atoms with Gasteiger partial charge in [-0.1, -0.05) is 35.5 Å². The second-order valence-corrected chi connectivity index (χ2v) is 6.48. The van der Waals surface area contributed by atoms with Crippen molar-refractivity contribution in [2.75, 3.05) is 37.7 Å². The monoisotopic (exact) mass is 382 g/mol. The van der Waals surface area contributed by atoms with Crippen LogP contribution < -0.4 is 10.2 Å². The Morgan fingerprint density at radius 1 is 1.21 bits per heavy atom. The van der Waals surface area contributed by atoms with Crippen LogP contribution in [0, 0.1) is 0 Å². The number of aryl methyl sites for hydroxylation is 1. The standard InChI is InChI=1S/C19H22N6O3/c1-24-15(21-13-22-24)7-8-20-19(26)16-17(14-5-3-2-4-6-14)28-23-18(16)25-9-11-27-12-10-25/h2-6,13H,7-12H2,1H3,(H,20,26). The lowest BCUT2D eigenvalue weighted by atomic mass is 10.1. The molecule has 1 aromatic carbocycles. The first-order valence-electron chi connectivity index (χ1n) is 9.23. The highest BCUT2D eigenvalue weighted by Crippen LogP contribution is 2.31. The topological polar surface area (TPSA) is 98.3 Å². The van der Waals surface area contributed by atoms with Crippen LogP contribution in [0.2, 0.25) is 0 Å². The van der Waals surface area contributed by atoms with Crippen molar-refractivity contribution in [1.82, 2.24) is 25.2 Å². The van der Waals surface area contributed by atoms with Crippen LogP contribution in [0.25, 0.3) is 11.3 Å². The van der Waals surface area contributed by atoms with Crippen LogP contribution in [0.4, 0.5) is 5.82 Å². The molecule has 0 bridgehead atoms. The number of ether oxygens (including phenoxy) is 1. The first kappa shape index (κ1) is 18.2. The summed E-state index contributed by atoms with van der Waals surface area (Å²) in [6, 6.07) is 9.54. The third kappa shape index (κ3) is 3.74. The van der Waals surface area contributed by atoms with Gasteiger partial charge in [0.15, 0.2) is 11.6 Å². The van der Waals surface area contributed by atoms with Gasteiger partial charge in [-0.05, 0) is 0 Å². The Labute approximate surface area is 162 Å². The molecule has 1 saturated heterocycles. The van der Waals surface area contributed by atoms with Crippen molar-refractivity contribution in [3.63, 3.8) is 0 Å². The minimum Gasteiger partial charge on any atom is -0.378 e. The number of morpholine rings is 1. The van der Waals surface area contributed by atoms with Crippen molar-refractivity contribution in [3.05, 3.63) is 48.0 Å². The number of rotatable bonds is 6. The number of anilines is 1. The van der Waals surface area contributed by atoms with Crippen LogP contribution in [0.3, 0.4) is 0 Å². The molecule has 1 fully saturated rings. The summed E-state index contributed by atoms with van der Waals surface area (Å²) >= 11 is 0. The number of nitrogens with zero attached hydrogens (tertiary/aromatic N) is 5. The molecule has 0 aliphatic carbocycles. The number of aromatic nitrogens is 4. The van der Waals surface area contributed by atoms with E-state index < -0.39 is 0 Å². The number of carbonyl (C=O) groups excluding carboxylic acids is 1. The minimum atomic E-state index is -0.219. The van der Waals surface area contributed by atoms with E-state index in [9.17, 15) is 4.79 Å². The van der Waals surface area contributed by atoms with Crippen molar-refractivity contribution in [2.24, 2.45) is 7.05 Å². The largest absolute Gasteiger partial charge is 0.378 e. The van der Waals surface area contributed by atoms with Gasteiger partial charge in [0.2, 0.25) is 0 Å². The summed E-state index contributed by atoms with van der Waals surface area (Å²) in [7, 11) is 1.83. The summed E-state index contributed by atoms with van der Waals surface area (Å²) < 4.78 is 12.7. The van der Waals surface area contributed by atoms with Gasteiger partial charge in [-0.2, -0.15) is 5.10 Å². The molecule has 146 valence electrons. The van der Waals surface area contributed by atoms with Gasteiger partial charge < -0.3 is 19.5 Å². The SMILES string of the molecule is Cn1ncnc1CCNC(=O)c1c(N2CCOCC2)noc1-c1ccccc1. The smallest absolute Gasteiger partial charge is 0.259 e. The van der Waals surface area contributed by atoms with Gasteiger partial charge in [-0.25, -0.2) is 4.98 Å². The van der Waals surface area contributed by atoms with Crippen molar-refractivity contribution in [2.45, 2.75) is 6.42 Å². The van der Waals surface area contributed by atoms with E-state index in [1.165, 1.54) is 6.33 Å². The van der Waals surface area contributed by atoms with E-state index in [4.69, 9.17) is 9.26 Å². The Bertz CT molecular complexity index is 930. The molecule has 2 aromatic heterocycles. The van der Waals surface area contributed by atoms with Crippen LogP contribution >= 0.6 is 0 Å². The number of hydrogen-bond donors (Lipinski definition) is 1. The lowest BCUT2D eigenvalue weighted by Gasteiger charge is -2.26. The van der Waals surface area contributed by atoms with Gasteiger partial charge in [0.1, 0.15) is 17.7 Å². The molecule has 0 spiro atoms. The fourth-order valence-corrected chi connectivity index (χ4v) is 3.19. The molecule has 9 heteroatoms. The van der Waals surface area contributed by atoms with Crippen molar-refractivity contribution in [3.8, 4) is 11.3 Å². The van der Waals surface area contributed by atoms with Crippen molar-refractivity contribution in [1.29, 1.82) is 0 Å². The molecule has 1 N–H and O–H groups in total. The summed E-state index contributed by atoms with van der Waals surface area (Å²) in [5.74, 6) is 1.61. The molecule has 1 aliphatic heterocycles. The highest BCUT2D eigenvalue weighted by molar-refractivity contribution is 6.04. The zero-order valence-corrected chi connectivity index (χ0v) is 15.7. The van der Waals surface area contributed by atoms with Crippen LogP contribution in [-0.2, 0) is 18.2 Å². The van der Waals surface area contributed by atoms with E-state index in [0.29, 0.717) is 56.4 Å². The number of benzene rings is 1. The predicted molar refractivity (Wildman–Crippen MR) is 102 cm³/mol. The van der Waals surface area contributed by atoms with Crippen LogP contribution in [0.15, 0.2) is 41.2 Å². The molecule has 28 heavy (non-hydrogen) atoms. The average Bonchev–Trinajstić information content (AvgIpc) is 3.36. The molecule has 4 rings (SSSR count). The van der Waals surface area contributed by atoms with Crippen LogP contribution in [-0.4, -0.2) is 58.7 Å². The highest BCUT2D eigenvalue weighted by atomic mass is 16.5. The normalized spacial score (nSPS) is 14.2. The van der Waals surface area contributed by atoms with Gasteiger partial charge in [0.25, 0.3) is 5.91 Å². The van der Waals surface area contributed by atoms with E-state index in [0.717, 1.165) is 11.4 Å². The Hall–Kier alpha value is -3.20. The quantitative estimate of drug-likeness (QED) is 0.686. The summed E-state index contributed by atoms with van der Waals surface area (Å²) in [6.45, 7) is 2.97. The molecule has 3 aromatic rings. The molecule has 0 unspecified atom stereocenters. The lowest BCUT2D eigenvalue weighted by molar-refractivity contribution is 0.0952. The molecule has 0 radical (unpaired) electrons. The van der Waals surface area contributed by atoms with E-state index >= 15 is 0 Å². The van der Waals surface area contributed by atoms with Gasteiger partial charge in [-0.3, -0.25) is 9.48 Å². The summed E-state index contributed by atoms with van der Waals surface area (Å²) in [6.07, 6.45) is 2.09. The van der Waals surface area contributed by atoms with Crippen molar-refractivity contribution >= 4 is 11.7 Å². The zero-order chi connectivity index (χ0) is 19.3. The van der Waals surface area contributed by atoms with Gasteiger partial charge in [0.05, 0.1) is 13.2 Å². The molecule has 0 saturated carbocycles. The number of amides is 1. The average molecular weight is 382 g/mol. The molecule has 9 nitrogen and oxygen atoms in total. The Morgan fingerprint density at radius 2 is 2.00 bits per heavy atom. The van der Waals surface area contributed by atoms with Crippen LogP contribution in [0.1, 0.15) is 16.2 Å². The molecule has 1 amide bonds. The lowest BCUT2D eigenvalue weighted by Crippen LogP contribution is -2.38. The Balaban J connectivity index is 1.58. The fraction of sp³-hybridized carbons (Fsp3) is 0.368. The fourth-order valence-electron chi connectivity index (χ4n) is 3.19. The summed E-state index contributed by atoms with van der Waals surface area (Å²) in [5, 5.41) is 11.2. The van der Waals surface area contributed by atoms with Crippen molar-refractivity contribution < 1.29 is 14.1 Å². The Morgan fingerprint density at radius 3 is 2.71 bits per heavy atom. The molecular formula is C19H22N6O3. The number of hydrogen-bond acceptors (Lipinski definition) is 7. The Kier molecular flexibility index (Phi) is 5.34. The zero-order valence-electron chi connectivity index (χ0n) is 15.7. The third-order valence-electron chi connectivity index (χ3n) is 4.69. The molecule has 0 atom stereocenters. The second kappa shape index (κ2) is 8.22. The molecule has 3 heterocycles. The molecule has 1 aliphatic rings. The second-order valence-electron chi connectivity index (χ2n) is 6.48. The third-order valence-corrected chi connectivity index (χ3v) is 4.69. The first-order valence-corrected chi connectivity index (χ1v) is 9.23. The number of carbonyl (C=O) groups is 1.